The van der Waals surface area contributed by atoms with Crippen LogP contribution in [0.4, 0.5) is 5.69 Å². The zero-order chi connectivity index (χ0) is 14.5. The summed E-state index contributed by atoms with van der Waals surface area (Å²) in [4.78, 5) is 12.0. The van der Waals surface area contributed by atoms with Crippen LogP contribution >= 0.6 is 0 Å². The number of hydrogen-bond donors (Lipinski definition) is 2. The van der Waals surface area contributed by atoms with E-state index in [0.717, 1.165) is 17.0 Å². The summed E-state index contributed by atoms with van der Waals surface area (Å²) in [6.07, 6.45) is 0. The molecular formula is C15H18N2O3. The number of rotatable bonds is 5. The molecule has 0 aliphatic rings. The minimum absolute atomic E-state index is 0.249. The Kier molecular flexibility index (Phi) is 4.42. The van der Waals surface area contributed by atoms with E-state index in [0.29, 0.717) is 12.4 Å². The first-order chi connectivity index (χ1) is 9.63. The highest BCUT2D eigenvalue weighted by Crippen LogP contribution is 2.22. The molecule has 0 aliphatic heterocycles. The lowest BCUT2D eigenvalue weighted by Crippen LogP contribution is -2.12. The van der Waals surface area contributed by atoms with Crippen molar-refractivity contribution in [2.75, 3.05) is 11.9 Å². The zero-order valence-electron chi connectivity index (χ0n) is 11.6. The Balaban J connectivity index is 2.11. The van der Waals surface area contributed by atoms with E-state index in [1.54, 1.807) is 12.1 Å². The molecule has 0 atom stereocenters. The van der Waals surface area contributed by atoms with E-state index in [1.807, 2.05) is 32.0 Å². The molecule has 0 saturated carbocycles. The molecule has 0 fully saturated rings. The van der Waals surface area contributed by atoms with Gasteiger partial charge in [-0.15, -0.1) is 0 Å². The van der Waals surface area contributed by atoms with Gasteiger partial charge in [0.2, 0.25) is 0 Å². The molecular weight excluding hydrogens is 256 g/mol. The summed E-state index contributed by atoms with van der Waals surface area (Å²) in [6.45, 7) is 4.72. The molecule has 5 heteroatoms. The second-order valence-electron chi connectivity index (χ2n) is 4.33. The van der Waals surface area contributed by atoms with Crippen LogP contribution in [0.15, 0.2) is 34.7 Å². The monoisotopic (exact) mass is 274 g/mol. The molecule has 3 N–H and O–H groups in total. The minimum Gasteiger partial charge on any atom is -0.494 e. The van der Waals surface area contributed by atoms with E-state index >= 15 is 0 Å². The molecule has 2 rings (SSSR count). The maximum atomic E-state index is 12.0. The van der Waals surface area contributed by atoms with Crippen LogP contribution in [-0.4, -0.2) is 12.5 Å². The standard InChI is InChI=1S/C15H18N2O3/c1-3-19-11-4-6-13(10(2)8-11)17-15(18)14-7-5-12(9-16)20-14/h4-8H,3,9,16H2,1-2H3,(H,17,18). The average molecular weight is 274 g/mol. The number of ether oxygens (including phenoxy) is 1. The summed E-state index contributed by atoms with van der Waals surface area (Å²) < 4.78 is 10.7. The fourth-order valence-corrected chi connectivity index (χ4v) is 1.83. The third-order valence-electron chi connectivity index (χ3n) is 2.84. The lowest BCUT2D eigenvalue weighted by Gasteiger charge is -2.09. The molecule has 0 unspecified atom stereocenters. The second-order valence-corrected chi connectivity index (χ2v) is 4.33. The van der Waals surface area contributed by atoms with E-state index in [2.05, 4.69) is 5.32 Å². The van der Waals surface area contributed by atoms with Crippen molar-refractivity contribution in [2.24, 2.45) is 5.73 Å². The first kappa shape index (κ1) is 14.1. The van der Waals surface area contributed by atoms with Gasteiger partial charge in [0.05, 0.1) is 13.2 Å². The van der Waals surface area contributed by atoms with Gasteiger partial charge in [0.25, 0.3) is 5.91 Å². The van der Waals surface area contributed by atoms with E-state index in [1.165, 1.54) is 0 Å². The molecule has 0 aliphatic carbocycles. The number of carbonyl (C=O) groups is 1. The van der Waals surface area contributed by atoms with Crippen molar-refractivity contribution in [2.45, 2.75) is 20.4 Å². The van der Waals surface area contributed by atoms with Crippen LogP contribution in [-0.2, 0) is 6.54 Å². The lowest BCUT2D eigenvalue weighted by atomic mass is 10.2. The molecule has 1 heterocycles. The third kappa shape index (κ3) is 3.19. The molecule has 1 amide bonds. The van der Waals surface area contributed by atoms with Crippen molar-refractivity contribution >= 4 is 11.6 Å². The molecule has 0 saturated heterocycles. The van der Waals surface area contributed by atoms with Crippen LogP contribution < -0.4 is 15.8 Å². The molecule has 0 bridgehead atoms. The highest BCUT2D eigenvalue weighted by Gasteiger charge is 2.12. The number of nitrogens with two attached hydrogens (primary N) is 1. The van der Waals surface area contributed by atoms with Gasteiger partial charge in [0.15, 0.2) is 5.76 Å². The number of anilines is 1. The Morgan fingerprint density at radius 3 is 2.75 bits per heavy atom. The Hall–Kier alpha value is -2.27. The SMILES string of the molecule is CCOc1ccc(NC(=O)c2ccc(CN)o2)c(C)c1. The number of hydrogen-bond acceptors (Lipinski definition) is 4. The number of benzene rings is 1. The first-order valence-corrected chi connectivity index (χ1v) is 6.47. The normalized spacial score (nSPS) is 10.3. The van der Waals surface area contributed by atoms with Gasteiger partial charge >= 0.3 is 0 Å². The van der Waals surface area contributed by atoms with Crippen LogP contribution in [0.3, 0.4) is 0 Å². The quantitative estimate of drug-likeness (QED) is 0.878. The molecule has 106 valence electrons. The summed E-state index contributed by atoms with van der Waals surface area (Å²) in [7, 11) is 0. The van der Waals surface area contributed by atoms with E-state index in [9.17, 15) is 4.79 Å². The Morgan fingerprint density at radius 2 is 2.15 bits per heavy atom. The van der Waals surface area contributed by atoms with Gasteiger partial charge in [-0.3, -0.25) is 4.79 Å². The Labute approximate surface area is 117 Å². The number of furan rings is 1. The molecule has 0 spiro atoms. The third-order valence-corrected chi connectivity index (χ3v) is 2.84. The van der Waals surface area contributed by atoms with Crippen molar-refractivity contribution in [1.29, 1.82) is 0 Å². The van der Waals surface area contributed by atoms with E-state index < -0.39 is 0 Å². The van der Waals surface area contributed by atoms with Crippen molar-refractivity contribution in [3.05, 3.63) is 47.4 Å². The van der Waals surface area contributed by atoms with Crippen molar-refractivity contribution in [3.63, 3.8) is 0 Å². The maximum absolute atomic E-state index is 12.0. The second kappa shape index (κ2) is 6.25. The van der Waals surface area contributed by atoms with E-state index in [4.69, 9.17) is 14.9 Å². The lowest BCUT2D eigenvalue weighted by molar-refractivity contribution is 0.0995. The van der Waals surface area contributed by atoms with Gasteiger partial charge in [-0.2, -0.15) is 0 Å². The fourth-order valence-electron chi connectivity index (χ4n) is 1.83. The number of amides is 1. The molecule has 20 heavy (non-hydrogen) atoms. The fraction of sp³-hybridized carbons (Fsp3) is 0.267. The number of aryl methyl sites for hydroxylation is 1. The van der Waals surface area contributed by atoms with Crippen LogP contribution in [0.2, 0.25) is 0 Å². The van der Waals surface area contributed by atoms with Gasteiger partial charge < -0.3 is 20.2 Å². The summed E-state index contributed by atoms with van der Waals surface area (Å²) in [5, 5.41) is 2.80. The summed E-state index contributed by atoms with van der Waals surface area (Å²) in [5.74, 6) is 1.32. The van der Waals surface area contributed by atoms with Crippen LogP contribution in [0.25, 0.3) is 0 Å². The van der Waals surface area contributed by atoms with Gasteiger partial charge in [0, 0.05) is 5.69 Å². The van der Waals surface area contributed by atoms with Crippen LogP contribution in [0, 0.1) is 6.92 Å². The summed E-state index contributed by atoms with van der Waals surface area (Å²) in [6, 6.07) is 8.82. The predicted molar refractivity (Wildman–Crippen MR) is 76.9 cm³/mol. The van der Waals surface area contributed by atoms with Crippen LogP contribution in [0.5, 0.6) is 5.75 Å². The molecule has 5 nitrogen and oxygen atoms in total. The molecule has 0 radical (unpaired) electrons. The van der Waals surface area contributed by atoms with Crippen molar-refractivity contribution < 1.29 is 13.9 Å². The molecule has 2 aromatic rings. The zero-order valence-corrected chi connectivity index (χ0v) is 11.6. The Morgan fingerprint density at radius 1 is 1.35 bits per heavy atom. The first-order valence-electron chi connectivity index (χ1n) is 6.47. The van der Waals surface area contributed by atoms with Gasteiger partial charge in [-0.25, -0.2) is 0 Å². The number of carbonyl (C=O) groups excluding carboxylic acids is 1. The maximum Gasteiger partial charge on any atom is 0.291 e. The largest absolute Gasteiger partial charge is 0.494 e. The minimum atomic E-state index is -0.294. The Bertz CT molecular complexity index is 605. The smallest absolute Gasteiger partial charge is 0.291 e. The molecule has 1 aromatic heterocycles. The average Bonchev–Trinajstić information content (AvgIpc) is 2.91. The number of nitrogens with one attached hydrogen (secondary N) is 1. The van der Waals surface area contributed by atoms with Gasteiger partial charge in [-0.05, 0) is 49.7 Å². The molecule has 1 aromatic carbocycles. The summed E-state index contributed by atoms with van der Waals surface area (Å²) in [5.41, 5.74) is 7.10. The van der Waals surface area contributed by atoms with Crippen molar-refractivity contribution in [3.8, 4) is 5.75 Å². The van der Waals surface area contributed by atoms with Crippen molar-refractivity contribution in [1.82, 2.24) is 0 Å². The van der Waals surface area contributed by atoms with E-state index in [-0.39, 0.29) is 18.2 Å². The highest BCUT2D eigenvalue weighted by atomic mass is 16.5. The summed E-state index contributed by atoms with van der Waals surface area (Å²) >= 11 is 0. The predicted octanol–water partition coefficient (Wildman–Crippen LogP) is 2.70. The highest BCUT2D eigenvalue weighted by molar-refractivity contribution is 6.02. The van der Waals surface area contributed by atoms with Gasteiger partial charge in [0.1, 0.15) is 11.5 Å². The van der Waals surface area contributed by atoms with Gasteiger partial charge in [-0.1, -0.05) is 0 Å². The topological polar surface area (TPSA) is 77.5 Å². The van der Waals surface area contributed by atoms with Crippen LogP contribution in [0.1, 0.15) is 28.8 Å².